The number of hydrogen-bond acceptors (Lipinski definition) is 5. The number of rotatable bonds is 4. The maximum Gasteiger partial charge on any atom is 0.325 e. The van der Waals surface area contributed by atoms with E-state index in [1.807, 2.05) is 24.4 Å². The van der Waals surface area contributed by atoms with Gasteiger partial charge in [-0.25, -0.2) is 9.78 Å². The first-order valence-electron chi connectivity index (χ1n) is 11.1. The Balaban J connectivity index is 1.40. The van der Waals surface area contributed by atoms with Gasteiger partial charge in [-0.15, -0.1) is 11.3 Å². The molecular weight excluding hydrogens is 424 g/mol. The summed E-state index contributed by atoms with van der Waals surface area (Å²) < 4.78 is 0. The van der Waals surface area contributed by atoms with E-state index in [1.165, 1.54) is 16.9 Å². The molecule has 2 heterocycles. The van der Waals surface area contributed by atoms with Gasteiger partial charge in [0, 0.05) is 10.9 Å². The molecule has 2 aromatic rings. The molecule has 1 saturated heterocycles. The first-order chi connectivity index (χ1) is 15.1. The monoisotopic (exact) mass is 454 g/mol. The number of anilines is 1. The lowest BCUT2D eigenvalue weighted by atomic mass is 9.73. The van der Waals surface area contributed by atoms with Crippen LogP contribution in [0.3, 0.4) is 0 Å². The largest absolute Gasteiger partial charge is 0.325 e. The summed E-state index contributed by atoms with van der Waals surface area (Å²) >= 11 is 1.32. The number of thiazole rings is 1. The minimum absolute atomic E-state index is 0.0620. The summed E-state index contributed by atoms with van der Waals surface area (Å²) in [5.74, 6) is -0.659. The van der Waals surface area contributed by atoms with Crippen molar-refractivity contribution < 1.29 is 14.4 Å². The molecule has 0 radical (unpaired) electrons. The summed E-state index contributed by atoms with van der Waals surface area (Å²) in [4.78, 5) is 43.6. The molecule has 1 saturated carbocycles. The second-order valence-electron chi connectivity index (χ2n) is 9.85. The van der Waals surface area contributed by atoms with Crippen LogP contribution in [0.1, 0.15) is 58.9 Å². The zero-order valence-corrected chi connectivity index (χ0v) is 19.8. The van der Waals surface area contributed by atoms with E-state index in [-0.39, 0.29) is 23.8 Å². The van der Waals surface area contributed by atoms with Gasteiger partial charge in [-0.3, -0.25) is 14.5 Å². The molecular formula is C24H30N4O3S. The lowest BCUT2D eigenvalue weighted by Crippen LogP contribution is -2.54. The fourth-order valence-corrected chi connectivity index (χ4v) is 5.28. The lowest BCUT2D eigenvalue weighted by molar-refractivity contribution is -0.136. The van der Waals surface area contributed by atoms with Gasteiger partial charge in [0.1, 0.15) is 12.1 Å². The molecule has 1 aromatic carbocycles. The highest BCUT2D eigenvalue weighted by Gasteiger charge is 2.55. The van der Waals surface area contributed by atoms with Gasteiger partial charge >= 0.3 is 6.03 Å². The second kappa shape index (κ2) is 8.31. The van der Waals surface area contributed by atoms with Crippen LogP contribution in [0.2, 0.25) is 0 Å². The highest BCUT2D eigenvalue weighted by atomic mass is 32.1. The average Bonchev–Trinajstić information content (AvgIpc) is 3.29. The van der Waals surface area contributed by atoms with Crippen molar-refractivity contribution in [3.8, 4) is 11.3 Å². The van der Waals surface area contributed by atoms with E-state index < -0.39 is 17.5 Å². The van der Waals surface area contributed by atoms with E-state index in [0.717, 1.165) is 35.4 Å². The molecule has 170 valence electrons. The van der Waals surface area contributed by atoms with E-state index in [0.29, 0.717) is 11.6 Å². The summed E-state index contributed by atoms with van der Waals surface area (Å²) in [7, 11) is 0. The number of carbonyl (C=O) groups excluding carboxylic acids is 3. The number of imide groups is 1. The molecule has 2 fully saturated rings. The summed E-state index contributed by atoms with van der Waals surface area (Å²) in [6.07, 6.45) is 3.47. The standard InChI is InChI=1S/C24H30N4O3S/c1-15-7-5-6-12-24(15)20(30)28(22(31)27-24)13-19(29)26-21-25-18(14-32-21)16-8-10-17(11-9-16)23(2,3)4/h8-11,14-15H,5-7,12-13H2,1-4H3,(H,27,31)(H,25,26,29). The van der Waals surface area contributed by atoms with E-state index in [1.54, 1.807) is 0 Å². The smallest absolute Gasteiger partial charge is 0.323 e. The van der Waals surface area contributed by atoms with Crippen LogP contribution in [-0.4, -0.2) is 39.8 Å². The van der Waals surface area contributed by atoms with Crippen molar-refractivity contribution in [3.63, 3.8) is 0 Å². The number of urea groups is 1. The zero-order chi connectivity index (χ0) is 23.1. The number of benzene rings is 1. The number of carbonyl (C=O) groups is 3. The van der Waals surface area contributed by atoms with Crippen molar-refractivity contribution in [3.05, 3.63) is 35.2 Å². The number of amides is 4. The van der Waals surface area contributed by atoms with Crippen molar-refractivity contribution in [1.29, 1.82) is 0 Å². The Morgan fingerprint density at radius 2 is 1.97 bits per heavy atom. The van der Waals surface area contributed by atoms with Crippen LogP contribution >= 0.6 is 11.3 Å². The molecule has 0 bridgehead atoms. The van der Waals surface area contributed by atoms with Crippen molar-refractivity contribution in [2.24, 2.45) is 5.92 Å². The highest BCUT2D eigenvalue weighted by Crippen LogP contribution is 2.38. The fourth-order valence-electron chi connectivity index (χ4n) is 4.55. The topological polar surface area (TPSA) is 91.4 Å². The van der Waals surface area contributed by atoms with E-state index in [9.17, 15) is 14.4 Å². The molecule has 1 aliphatic carbocycles. The number of hydrogen-bond donors (Lipinski definition) is 2. The highest BCUT2D eigenvalue weighted by molar-refractivity contribution is 7.14. The SMILES string of the molecule is CC1CCCCC12NC(=O)N(CC(=O)Nc1nc(-c3ccc(C(C)(C)C)cc3)cs1)C2=O. The van der Waals surface area contributed by atoms with E-state index in [2.05, 4.69) is 48.5 Å². The summed E-state index contributed by atoms with van der Waals surface area (Å²) in [5.41, 5.74) is 2.20. The van der Waals surface area contributed by atoms with E-state index in [4.69, 9.17) is 0 Å². The predicted molar refractivity (Wildman–Crippen MR) is 125 cm³/mol. The van der Waals surface area contributed by atoms with Gasteiger partial charge in [0.15, 0.2) is 5.13 Å². The Morgan fingerprint density at radius 1 is 1.25 bits per heavy atom. The third kappa shape index (κ3) is 4.16. The molecule has 4 rings (SSSR count). The minimum Gasteiger partial charge on any atom is -0.323 e. The Bertz CT molecular complexity index is 1040. The maximum atomic E-state index is 13.0. The quantitative estimate of drug-likeness (QED) is 0.663. The summed E-state index contributed by atoms with van der Waals surface area (Å²) in [5, 5.41) is 7.93. The number of aromatic nitrogens is 1. The van der Waals surface area contributed by atoms with Gasteiger partial charge < -0.3 is 10.6 Å². The Hall–Kier alpha value is -2.74. The van der Waals surface area contributed by atoms with Gasteiger partial charge in [0.25, 0.3) is 5.91 Å². The zero-order valence-electron chi connectivity index (χ0n) is 19.0. The summed E-state index contributed by atoms with van der Waals surface area (Å²) in [6.45, 7) is 8.18. The molecule has 2 N–H and O–H groups in total. The van der Waals surface area contributed by atoms with Crippen molar-refractivity contribution in [2.45, 2.75) is 64.3 Å². The van der Waals surface area contributed by atoms with Crippen LogP contribution in [0.15, 0.2) is 29.6 Å². The van der Waals surface area contributed by atoms with Crippen molar-refractivity contribution in [1.82, 2.24) is 15.2 Å². The normalized spacial score (nSPS) is 23.5. The minimum atomic E-state index is -0.858. The van der Waals surface area contributed by atoms with Crippen LogP contribution in [0.25, 0.3) is 11.3 Å². The maximum absolute atomic E-state index is 13.0. The van der Waals surface area contributed by atoms with Crippen LogP contribution < -0.4 is 10.6 Å². The molecule has 7 nitrogen and oxygen atoms in total. The van der Waals surface area contributed by atoms with Crippen LogP contribution in [0.4, 0.5) is 9.93 Å². The van der Waals surface area contributed by atoms with Gasteiger partial charge in [-0.2, -0.15) is 0 Å². The van der Waals surface area contributed by atoms with Gasteiger partial charge in [0.05, 0.1) is 5.69 Å². The first-order valence-corrected chi connectivity index (χ1v) is 12.0. The van der Waals surface area contributed by atoms with Gasteiger partial charge in [-0.05, 0) is 29.7 Å². The van der Waals surface area contributed by atoms with Crippen LogP contribution in [-0.2, 0) is 15.0 Å². The molecule has 2 aliphatic rings. The Morgan fingerprint density at radius 3 is 2.62 bits per heavy atom. The molecule has 4 amide bonds. The number of nitrogens with zero attached hydrogens (tertiary/aromatic N) is 2. The van der Waals surface area contributed by atoms with Gasteiger partial charge in [0.2, 0.25) is 5.91 Å². The summed E-state index contributed by atoms with van der Waals surface area (Å²) in [6, 6.07) is 7.75. The predicted octanol–water partition coefficient (Wildman–Crippen LogP) is 4.55. The van der Waals surface area contributed by atoms with Crippen molar-refractivity contribution in [2.75, 3.05) is 11.9 Å². The molecule has 2 unspecified atom stereocenters. The molecule has 1 aromatic heterocycles. The Labute approximate surface area is 192 Å². The third-order valence-corrected chi connectivity index (χ3v) is 7.36. The Kier molecular flexibility index (Phi) is 5.83. The molecule has 32 heavy (non-hydrogen) atoms. The number of nitrogens with one attached hydrogen (secondary N) is 2. The fraction of sp³-hybridized carbons (Fsp3) is 0.500. The molecule has 1 spiro atoms. The van der Waals surface area contributed by atoms with E-state index >= 15 is 0 Å². The third-order valence-electron chi connectivity index (χ3n) is 6.60. The second-order valence-corrected chi connectivity index (χ2v) is 10.7. The van der Waals surface area contributed by atoms with Crippen LogP contribution in [0.5, 0.6) is 0 Å². The van der Waals surface area contributed by atoms with Gasteiger partial charge in [-0.1, -0.05) is 64.8 Å². The lowest BCUT2D eigenvalue weighted by Gasteiger charge is -2.36. The average molecular weight is 455 g/mol. The molecule has 2 atom stereocenters. The molecule has 8 heteroatoms. The van der Waals surface area contributed by atoms with Crippen molar-refractivity contribution >= 4 is 34.3 Å². The first kappa shape index (κ1) is 22.5. The molecule has 1 aliphatic heterocycles. The van der Waals surface area contributed by atoms with Crippen LogP contribution in [0, 0.1) is 5.92 Å².